The van der Waals surface area contributed by atoms with Crippen molar-refractivity contribution in [1.29, 1.82) is 0 Å². The Balaban J connectivity index is 1.88. The molecule has 2 nitrogen and oxygen atoms in total. The van der Waals surface area contributed by atoms with Crippen LogP contribution in [0.25, 0.3) is 42.5 Å². The molecule has 0 aliphatic carbocycles. The van der Waals surface area contributed by atoms with Gasteiger partial charge < -0.3 is 0 Å². The number of nitrogens with zero attached hydrogens (tertiary/aromatic N) is 2. The van der Waals surface area contributed by atoms with E-state index in [9.17, 15) is 0 Å². The molecular weight excluding hydrogens is 336 g/mol. The minimum Gasteiger partial charge on any atom is -0.243 e. The van der Waals surface area contributed by atoms with Crippen LogP contribution in [0.3, 0.4) is 0 Å². The van der Waals surface area contributed by atoms with Gasteiger partial charge in [-0.25, -0.2) is 9.97 Å². The smallest absolute Gasteiger partial charge is 0.143 e. The zero-order valence-electron chi connectivity index (χ0n) is 12.5. The molecule has 0 aliphatic heterocycles. The van der Waals surface area contributed by atoms with Crippen molar-refractivity contribution in [2.45, 2.75) is 0 Å². The van der Waals surface area contributed by atoms with Crippen LogP contribution in [0.15, 0.2) is 66.9 Å². The lowest BCUT2D eigenvalue weighted by Crippen LogP contribution is -1.86. The van der Waals surface area contributed by atoms with Crippen LogP contribution in [0.2, 0.25) is 5.02 Å². The molecule has 0 atom stereocenters. The lowest BCUT2D eigenvalue weighted by Gasteiger charge is -2.02. The molecule has 4 heteroatoms. The van der Waals surface area contributed by atoms with Crippen molar-refractivity contribution in [3.63, 3.8) is 0 Å². The average Bonchev–Trinajstić information content (AvgIpc) is 3.00. The molecule has 0 saturated heterocycles. The summed E-state index contributed by atoms with van der Waals surface area (Å²) in [6.07, 6.45) is 1.82. The van der Waals surface area contributed by atoms with E-state index in [1.807, 2.05) is 30.5 Å². The maximum Gasteiger partial charge on any atom is 0.143 e. The van der Waals surface area contributed by atoms with Crippen molar-refractivity contribution in [3.05, 3.63) is 71.9 Å². The van der Waals surface area contributed by atoms with Gasteiger partial charge in [0.05, 0.1) is 11.9 Å². The fourth-order valence-corrected chi connectivity index (χ4v) is 4.28. The van der Waals surface area contributed by atoms with E-state index in [2.05, 4.69) is 41.4 Å². The Kier molecular flexibility index (Phi) is 3.05. The van der Waals surface area contributed by atoms with Gasteiger partial charge in [0.15, 0.2) is 0 Å². The second-order valence-electron chi connectivity index (χ2n) is 5.68. The summed E-state index contributed by atoms with van der Waals surface area (Å²) in [5, 5.41) is 4.33. The fraction of sp³-hybridized carbons (Fsp3) is 0. The Morgan fingerprint density at radius 3 is 2.75 bits per heavy atom. The van der Waals surface area contributed by atoms with Crippen LogP contribution in [-0.4, -0.2) is 9.97 Å². The number of fused-ring (bicyclic) bond motifs is 5. The van der Waals surface area contributed by atoms with Gasteiger partial charge in [0.25, 0.3) is 0 Å². The number of hydrogen-bond donors (Lipinski definition) is 0. The van der Waals surface area contributed by atoms with Gasteiger partial charge in [-0.15, -0.1) is 11.3 Å². The van der Waals surface area contributed by atoms with Crippen LogP contribution in [-0.2, 0) is 0 Å². The summed E-state index contributed by atoms with van der Waals surface area (Å²) in [7, 11) is 0. The van der Waals surface area contributed by atoms with E-state index < -0.39 is 0 Å². The Bertz CT molecular complexity index is 1230. The average molecular weight is 347 g/mol. The molecule has 114 valence electrons. The quantitative estimate of drug-likeness (QED) is 0.355. The van der Waals surface area contributed by atoms with E-state index in [-0.39, 0.29) is 0 Å². The zero-order valence-corrected chi connectivity index (χ0v) is 14.1. The molecule has 0 saturated carbocycles. The van der Waals surface area contributed by atoms with Gasteiger partial charge in [-0.3, -0.25) is 0 Å². The van der Waals surface area contributed by atoms with Gasteiger partial charge in [0, 0.05) is 20.7 Å². The minimum atomic E-state index is 0.704. The normalized spacial score (nSPS) is 11.5. The second-order valence-corrected chi connectivity index (χ2v) is 7.15. The fourth-order valence-electron chi connectivity index (χ4n) is 3.09. The third-order valence-corrected chi connectivity index (χ3v) is 5.48. The second kappa shape index (κ2) is 5.26. The molecule has 0 spiro atoms. The molecule has 2 aromatic heterocycles. The lowest BCUT2D eigenvalue weighted by atomic mass is 10.1. The van der Waals surface area contributed by atoms with E-state index >= 15 is 0 Å². The summed E-state index contributed by atoms with van der Waals surface area (Å²) in [5.74, 6) is 0. The first-order valence-electron chi connectivity index (χ1n) is 7.62. The van der Waals surface area contributed by atoms with Crippen LogP contribution in [0.1, 0.15) is 0 Å². The van der Waals surface area contributed by atoms with Crippen molar-refractivity contribution in [1.82, 2.24) is 9.97 Å². The summed E-state index contributed by atoms with van der Waals surface area (Å²) in [5.41, 5.74) is 2.79. The highest BCUT2D eigenvalue weighted by molar-refractivity contribution is 7.25. The number of rotatable bonds is 1. The standard InChI is InChI=1S/C20H11ClN2S/c21-14-6-3-5-13(10-14)16-11-22-20-19(23-16)18-15-7-2-1-4-12(15)8-9-17(18)24-20/h1-11H. The summed E-state index contributed by atoms with van der Waals surface area (Å²) >= 11 is 7.80. The molecule has 0 bridgehead atoms. The Hall–Kier alpha value is -2.49. The predicted molar refractivity (Wildman–Crippen MR) is 103 cm³/mol. The molecule has 0 unspecified atom stereocenters. The molecule has 24 heavy (non-hydrogen) atoms. The van der Waals surface area contributed by atoms with Crippen LogP contribution in [0.4, 0.5) is 0 Å². The Morgan fingerprint density at radius 1 is 0.917 bits per heavy atom. The van der Waals surface area contributed by atoms with E-state index in [1.54, 1.807) is 11.3 Å². The van der Waals surface area contributed by atoms with E-state index in [0.29, 0.717) is 5.02 Å². The Labute approximate surface area is 147 Å². The number of benzene rings is 3. The molecule has 5 rings (SSSR count). The predicted octanol–water partition coefficient (Wildman–Crippen LogP) is 6.32. The third kappa shape index (κ3) is 2.09. The van der Waals surface area contributed by atoms with Gasteiger partial charge in [0.1, 0.15) is 10.3 Å². The third-order valence-electron chi connectivity index (χ3n) is 4.19. The molecule has 0 radical (unpaired) electrons. The lowest BCUT2D eigenvalue weighted by molar-refractivity contribution is 1.32. The highest BCUT2D eigenvalue weighted by atomic mass is 35.5. The largest absolute Gasteiger partial charge is 0.243 e. The molecule has 2 heterocycles. The van der Waals surface area contributed by atoms with Gasteiger partial charge in [-0.2, -0.15) is 0 Å². The van der Waals surface area contributed by atoms with Crippen molar-refractivity contribution in [2.75, 3.05) is 0 Å². The monoisotopic (exact) mass is 346 g/mol. The van der Waals surface area contributed by atoms with Crippen LogP contribution in [0, 0.1) is 0 Å². The molecule has 0 aliphatic rings. The maximum absolute atomic E-state index is 6.12. The summed E-state index contributed by atoms with van der Waals surface area (Å²) < 4.78 is 1.21. The van der Waals surface area contributed by atoms with Crippen LogP contribution in [0.5, 0.6) is 0 Å². The van der Waals surface area contributed by atoms with Crippen molar-refractivity contribution in [3.8, 4) is 11.3 Å². The van der Waals surface area contributed by atoms with E-state index in [1.165, 1.54) is 20.9 Å². The molecule has 5 aromatic rings. The highest BCUT2D eigenvalue weighted by Crippen LogP contribution is 2.37. The maximum atomic E-state index is 6.12. The van der Waals surface area contributed by atoms with Crippen molar-refractivity contribution < 1.29 is 0 Å². The molecule has 0 amide bonds. The van der Waals surface area contributed by atoms with Gasteiger partial charge >= 0.3 is 0 Å². The number of thiophene rings is 1. The van der Waals surface area contributed by atoms with E-state index in [4.69, 9.17) is 16.6 Å². The first kappa shape index (κ1) is 13.9. The molecular formula is C20H11ClN2S. The first-order chi connectivity index (χ1) is 11.8. The molecule has 3 aromatic carbocycles. The van der Waals surface area contributed by atoms with Gasteiger partial charge in [-0.1, -0.05) is 54.1 Å². The van der Waals surface area contributed by atoms with E-state index in [0.717, 1.165) is 21.6 Å². The number of aromatic nitrogens is 2. The molecule has 0 fully saturated rings. The van der Waals surface area contributed by atoms with Gasteiger partial charge in [0.2, 0.25) is 0 Å². The SMILES string of the molecule is Clc1cccc(-c2cnc3sc4ccc5ccccc5c4c3n2)c1. The van der Waals surface area contributed by atoms with Crippen molar-refractivity contribution in [2.24, 2.45) is 0 Å². The van der Waals surface area contributed by atoms with Crippen LogP contribution < -0.4 is 0 Å². The topological polar surface area (TPSA) is 25.8 Å². The number of halogens is 1. The summed E-state index contributed by atoms with van der Waals surface area (Å²) in [6.45, 7) is 0. The van der Waals surface area contributed by atoms with Gasteiger partial charge in [-0.05, 0) is 29.0 Å². The minimum absolute atomic E-state index is 0.704. The Morgan fingerprint density at radius 2 is 1.83 bits per heavy atom. The first-order valence-corrected chi connectivity index (χ1v) is 8.82. The molecule has 0 N–H and O–H groups in total. The van der Waals surface area contributed by atoms with Crippen LogP contribution >= 0.6 is 22.9 Å². The summed E-state index contributed by atoms with van der Waals surface area (Å²) in [6, 6.07) is 20.5. The van der Waals surface area contributed by atoms with Crippen molar-refractivity contribution >= 4 is 54.1 Å². The summed E-state index contributed by atoms with van der Waals surface area (Å²) in [4.78, 5) is 10.5. The highest BCUT2D eigenvalue weighted by Gasteiger charge is 2.12. The zero-order chi connectivity index (χ0) is 16.1. The number of hydrogen-bond acceptors (Lipinski definition) is 3.